The second-order valence-corrected chi connectivity index (χ2v) is 7.85. The van der Waals surface area contributed by atoms with E-state index in [1.807, 2.05) is 40.1 Å². The van der Waals surface area contributed by atoms with Crippen LogP contribution in [0.25, 0.3) is 27.5 Å². The van der Waals surface area contributed by atoms with Gasteiger partial charge in [-0.3, -0.25) is 4.40 Å². The minimum Gasteiger partial charge on any atom is -0.497 e. The highest BCUT2D eigenvalue weighted by Crippen LogP contribution is 2.40. The molecule has 8 heteroatoms. The molecule has 0 bridgehead atoms. The van der Waals surface area contributed by atoms with Crippen LogP contribution in [0.1, 0.15) is 0 Å². The number of nitrogens with one attached hydrogen (secondary N) is 1. The number of fused-ring (bicyclic) bond motifs is 1. The highest BCUT2D eigenvalue weighted by atomic mass is 32.1. The molecular formula is C24H16F3N3OS. The molecule has 0 amide bonds. The van der Waals surface area contributed by atoms with Crippen LogP contribution in [0.2, 0.25) is 0 Å². The first-order valence-corrected chi connectivity index (χ1v) is 10.5. The molecule has 32 heavy (non-hydrogen) atoms. The van der Waals surface area contributed by atoms with Gasteiger partial charge in [-0.15, -0.1) is 11.3 Å². The summed E-state index contributed by atoms with van der Waals surface area (Å²) in [6.45, 7) is 0. The van der Waals surface area contributed by atoms with Crippen LogP contribution >= 0.6 is 11.3 Å². The number of methoxy groups -OCH3 is 1. The average molecular weight is 451 g/mol. The van der Waals surface area contributed by atoms with Gasteiger partial charge in [-0.1, -0.05) is 30.3 Å². The van der Waals surface area contributed by atoms with E-state index < -0.39 is 11.6 Å². The van der Waals surface area contributed by atoms with Crippen LogP contribution in [0.5, 0.6) is 5.75 Å². The van der Waals surface area contributed by atoms with Crippen molar-refractivity contribution in [3.8, 4) is 28.3 Å². The fraction of sp³-hybridized carbons (Fsp3) is 0.0417. The molecule has 5 rings (SSSR count). The zero-order valence-corrected chi connectivity index (χ0v) is 17.6. The molecule has 0 radical (unpaired) electrons. The number of halogens is 3. The quantitative estimate of drug-likeness (QED) is 0.316. The van der Waals surface area contributed by atoms with Crippen LogP contribution in [-0.4, -0.2) is 16.5 Å². The molecule has 0 saturated heterocycles. The van der Waals surface area contributed by atoms with Crippen LogP contribution < -0.4 is 10.1 Å². The van der Waals surface area contributed by atoms with Crippen LogP contribution in [-0.2, 0) is 0 Å². The summed E-state index contributed by atoms with van der Waals surface area (Å²) in [5.74, 6) is -1.54. The van der Waals surface area contributed by atoms with Crippen molar-refractivity contribution in [2.45, 2.75) is 0 Å². The van der Waals surface area contributed by atoms with Crippen LogP contribution in [0.4, 0.5) is 24.7 Å². The molecule has 0 aliphatic carbocycles. The Labute approximate surface area is 185 Å². The zero-order chi connectivity index (χ0) is 22.2. The summed E-state index contributed by atoms with van der Waals surface area (Å²) >= 11 is 1.35. The first kappa shape index (κ1) is 20.1. The zero-order valence-electron chi connectivity index (χ0n) is 16.8. The van der Waals surface area contributed by atoms with Gasteiger partial charge in [0.2, 0.25) is 0 Å². The smallest absolute Gasteiger partial charge is 0.196 e. The lowest BCUT2D eigenvalue weighted by Crippen LogP contribution is -2.00. The standard InChI is InChI=1S/C24H16F3N3OS/c1-31-17-11-18(26)21(19(27)12-17)22-23(28-16-9-7-15(25)8-10-16)30-20(13-32-24(30)29-22)14-5-3-2-4-6-14/h2-13,28H,1H3. The van der Waals surface area contributed by atoms with E-state index in [0.717, 1.165) is 23.4 Å². The van der Waals surface area contributed by atoms with E-state index in [2.05, 4.69) is 10.3 Å². The Morgan fingerprint density at radius 3 is 2.28 bits per heavy atom. The molecule has 0 unspecified atom stereocenters. The van der Waals surface area contributed by atoms with Gasteiger partial charge in [-0.05, 0) is 29.8 Å². The highest BCUT2D eigenvalue weighted by Gasteiger charge is 2.24. The van der Waals surface area contributed by atoms with Crippen LogP contribution in [0.3, 0.4) is 0 Å². The van der Waals surface area contributed by atoms with Crippen molar-refractivity contribution >= 4 is 27.8 Å². The number of ether oxygens (including phenoxy) is 1. The fourth-order valence-corrected chi connectivity index (χ4v) is 4.42. The maximum atomic E-state index is 15.0. The van der Waals surface area contributed by atoms with E-state index in [9.17, 15) is 13.2 Å². The molecule has 4 nitrogen and oxygen atoms in total. The summed E-state index contributed by atoms with van der Waals surface area (Å²) in [4.78, 5) is 5.10. The van der Waals surface area contributed by atoms with Gasteiger partial charge in [0, 0.05) is 23.2 Å². The van der Waals surface area contributed by atoms with E-state index in [4.69, 9.17) is 4.74 Å². The Hall–Kier alpha value is -3.78. The monoisotopic (exact) mass is 451 g/mol. The Morgan fingerprint density at radius 1 is 0.938 bits per heavy atom. The number of thiazole rings is 1. The number of imidazole rings is 1. The van der Waals surface area contributed by atoms with Gasteiger partial charge in [0.1, 0.15) is 34.7 Å². The Bertz CT molecular complexity index is 1390. The number of benzene rings is 3. The molecule has 2 heterocycles. The number of rotatable bonds is 5. The van der Waals surface area contributed by atoms with Gasteiger partial charge < -0.3 is 10.1 Å². The number of hydrogen-bond acceptors (Lipinski definition) is 4. The summed E-state index contributed by atoms with van der Waals surface area (Å²) in [5, 5.41) is 5.11. The topological polar surface area (TPSA) is 38.6 Å². The minimum absolute atomic E-state index is 0.0720. The van der Waals surface area contributed by atoms with Gasteiger partial charge >= 0.3 is 0 Å². The van der Waals surface area contributed by atoms with Crippen molar-refractivity contribution in [2.24, 2.45) is 0 Å². The third-order valence-electron chi connectivity index (χ3n) is 5.03. The minimum atomic E-state index is -0.795. The normalized spacial score (nSPS) is 11.1. The Kier molecular flexibility index (Phi) is 5.07. The first-order valence-electron chi connectivity index (χ1n) is 9.66. The molecule has 0 spiro atoms. The molecule has 2 aromatic heterocycles. The first-order chi connectivity index (χ1) is 15.5. The van der Waals surface area contributed by atoms with Crippen molar-refractivity contribution in [3.05, 3.63) is 89.6 Å². The van der Waals surface area contributed by atoms with Crippen molar-refractivity contribution in [1.29, 1.82) is 0 Å². The van der Waals surface area contributed by atoms with Gasteiger partial charge in [0.05, 0.1) is 18.4 Å². The molecule has 160 valence electrons. The fourth-order valence-electron chi connectivity index (χ4n) is 3.52. The average Bonchev–Trinajstić information content (AvgIpc) is 3.35. The van der Waals surface area contributed by atoms with Gasteiger partial charge in [0.25, 0.3) is 0 Å². The lowest BCUT2D eigenvalue weighted by atomic mass is 10.1. The largest absolute Gasteiger partial charge is 0.497 e. The Morgan fingerprint density at radius 2 is 1.62 bits per heavy atom. The molecule has 0 aliphatic heterocycles. The molecular weight excluding hydrogens is 435 g/mol. The van der Waals surface area contributed by atoms with E-state index in [0.29, 0.717) is 16.5 Å². The summed E-state index contributed by atoms with van der Waals surface area (Å²) in [5.41, 5.74) is 2.11. The molecule has 0 atom stereocenters. The Balaban J connectivity index is 1.76. The number of nitrogens with zero attached hydrogens (tertiary/aromatic N) is 2. The van der Waals surface area contributed by atoms with Crippen molar-refractivity contribution < 1.29 is 17.9 Å². The number of hydrogen-bond donors (Lipinski definition) is 1. The lowest BCUT2D eigenvalue weighted by Gasteiger charge is -2.12. The summed E-state index contributed by atoms with van der Waals surface area (Å²) in [6.07, 6.45) is 0. The summed E-state index contributed by atoms with van der Waals surface area (Å²) in [6, 6.07) is 17.6. The lowest BCUT2D eigenvalue weighted by molar-refractivity contribution is 0.407. The number of anilines is 2. The van der Waals surface area contributed by atoms with E-state index in [1.165, 1.54) is 30.6 Å². The van der Waals surface area contributed by atoms with Gasteiger partial charge in [-0.2, -0.15) is 0 Å². The van der Waals surface area contributed by atoms with Crippen molar-refractivity contribution in [1.82, 2.24) is 9.38 Å². The predicted octanol–water partition coefficient (Wildman–Crippen LogP) is 6.90. The van der Waals surface area contributed by atoms with Gasteiger partial charge in [-0.25, -0.2) is 18.2 Å². The van der Waals surface area contributed by atoms with Crippen molar-refractivity contribution in [2.75, 3.05) is 12.4 Å². The summed E-state index contributed by atoms with van der Waals surface area (Å²) < 4.78 is 50.1. The molecule has 5 aromatic rings. The third-order valence-corrected chi connectivity index (χ3v) is 5.85. The van der Waals surface area contributed by atoms with E-state index >= 15 is 0 Å². The second-order valence-electron chi connectivity index (χ2n) is 7.01. The maximum absolute atomic E-state index is 15.0. The van der Waals surface area contributed by atoms with Crippen molar-refractivity contribution in [3.63, 3.8) is 0 Å². The molecule has 0 saturated carbocycles. The number of aromatic nitrogens is 2. The van der Waals surface area contributed by atoms with E-state index in [-0.39, 0.29) is 22.8 Å². The molecule has 0 fully saturated rings. The maximum Gasteiger partial charge on any atom is 0.196 e. The highest BCUT2D eigenvalue weighted by molar-refractivity contribution is 7.15. The SMILES string of the molecule is COc1cc(F)c(-c2nc3scc(-c4ccccc4)n3c2Nc2ccc(F)cc2)c(F)c1. The molecule has 3 aromatic carbocycles. The second kappa shape index (κ2) is 8.05. The predicted molar refractivity (Wildman–Crippen MR) is 120 cm³/mol. The third kappa shape index (κ3) is 3.48. The van der Waals surface area contributed by atoms with E-state index in [1.54, 1.807) is 12.1 Å². The summed E-state index contributed by atoms with van der Waals surface area (Å²) in [7, 11) is 1.34. The molecule has 0 aliphatic rings. The van der Waals surface area contributed by atoms with Crippen LogP contribution in [0, 0.1) is 17.5 Å². The molecule has 1 N–H and O–H groups in total. The van der Waals surface area contributed by atoms with Gasteiger partial charge in [0.15, 0.2) is 4.96 Å². The van der Waals surface area contributed by atoms with Crippen LogP contribution in [0.15, 0.2) is 72.1 Å².